The predicted octanol–water partition coefficient (Wildman–Crippen LogP) is 4.18. The first-order valence-corrected chi connectivity index (χ1v) is 9.82. The van der Waals surface area contributed by atoms with Gasteiger partial charge in [0.1, 0.15) is 0 Å². The fraction of sp³-hybridized carbons (Fsp3) is 0.333. The molecular weight excluding hydrogens is 350 g/mol. The Bertz CT molecular complexity index is 1070. The van der Waals surface area contributed by atoms with Crippen molar-refractivity contribution in [1.29, 1.82) is 0 Å². The monoisotopic (exact) mass is 377 g/mol. The van der Waals surface area contributed by atoms with Gasteiger partial charge >= 0.3 is 0 Å². The first kappa shape index (κ1) is 19.5. The number of aromatic nitrogens is 5. The molecular formula is C21H27N7. The lowest BCUT2D eigenvalue weighted by atomic mass is 10.1. The van der Waals surface area contributed by atoms with E-state index in [4.69, 9.17) is 10.7 Å². The molecule has 0 bridgehead atoms. The minimum Gasteiger partial charge on any atom is -0.368 e. The second-order valence-corrected chi connectivity index (χ2v) is 6.17. The molecule has 0 saturated heterocycles. The minimum atomic E-state index is 0.333. The summed E-state index contributed by atoms with van der Waals surface area (Å²) in [6, 6.07) is 10.1. The summed E-state index contributed by atoms with van der Waals surface area (Å²) in [5.74, 6) is 0.967. The summed E-state index contributed by atoms with van der Waals surface area (Å²) in [6.45, 7) is 9.93. The topological polar surface area (TPSA) is 85.2 Å². The average molecular weight is 377 g/mol. The number of hydrogen-bond acceptors (Lipinski definition) is 6. The molecule has 0 atom stereocenters. The maximum atomic E-state index is 6.13. The zero-order valence-electron chi connectivity index (χ0n) is 16.9. The highest BCUT2D eigenvalue weighted by molar-refractivity contribution is 5.87. The zero-order chi connectivity index (χ0) is 20.1. The van der Waals surface area contributed by atoms with E-state index in [1.54, 1.807) is 10.7 Å². The Morgan fingerprint density at radius 1 is 1.07 bits per heavy atom. The van der Waals surface area contributed by atoms with E-state index in [1.807, 2.05) is 44.3 Å². The number of anilines is 2. The highest BCUT2D eigenvalue weighted by Crippen LogP contribution is 2.27. The van der Waals surface area contributed by atoms with Crippen molar-refractivity contribution in [3.63, 3.8) is 0 Å². The second-order valence-electron chi connectivity index (χ2n) is 6.17. The van der Waals surface area contributed by atoms with Gasteiger partial charge in [0.2, 0.25) is 11.9 Å². The molecule has 7 nitrogen and oxygen atoms in total. The van der Waals surface area contributed by atoms with Gasteiger partial charge in [-0.2, -0.15) is 19.6 Å². The number of para-hydroxylation sites is 1. The molecule has 2 N–H and O–H groups in total. The van der Waals surface area contributed by atoms with Crippen LogP contribution in [0, 0.1) is 0 Å². The SMILES string of the molecule is CC.CCCN(CC)c1nc(N)n2ncc(-c3cnc4ccccc4c3)c2n1. The minimum absolute atomic E-state index is 0.333. The van der Waals surface area contributed by atoms with Crippen LogP contribution in [0.5, 0.6) is 0 Å². The molecule has 0 unspecified atom stereocenters. The van der Waals surface area contributed by atoms with Crippen LogP contribution in [0.3, 0.4) is 0 Å². The van der Waals surface area contributed by atoms with Gasteiger partial charge in [-0.3, -0.25) is 4.98 Å². The van der Waals surface area contributed by atoms with Gasteiger partial charge in [-0.05, 0) is 25.5 Å². The van der Waals surface area contributed by atoms with Crippen LogP contribution in [-0.2, 0) is 0 Å². The molecule has 0 spiro atoms. The Kier molecular flexibility index (Phi) is 6.03. The Balaban J connectivity index is 0.00000109. The summed E-state index contributed by atoms with van der Waals surface area (Å²) in [6.07, 6.45) is 4.63. The number of benzene rings is 1. The highest BCUT2D eigenvalue weighted by atomic mass is 15.4. The van der Waals surface area contributed by atoms with Crippen molar-refractivity contribution in [3.05, 3.63) is 42.7 Å². The molecule has 4 aromatic rings. The molecule has 1 aromatic carbocycles. The van der Waals surface area contributed by atoms with Crippen LogP contribution in [0.15, 0.2) is 42.7 Å². The predicted molar refractivity (Wildman–Crippen MR) is 115 cm³/mol. The highest BCUT2D eigenvalue weighted by Gasteiger charge is 2.16. The summed E-state index contributed by atoms with van der Waals surface area (Å²) >= 11 is 0. The molecule has 0 amide bonds. The average Bonchev–Trinajstić information content (AvgIpc) is 3.17. The zero-order valence-corrected chi connectivity index (χ0v) is 16.9. The Morgan fingerprint density at radius 2 is 1.86 bits per heavy atom. The van der Waals surface area contributed by atoms with Crippen LogP contribution in [0.25, 0.3) is 27.7 Å². The van der Waals surface area contributed by atoms with Crippen molar-refractivity contribution in [2.75, 3.05) is 23.7 Å². The molecule has 0 saturated carbocycles. The third-order valence-corrected chi connectivity index (χ3v) is 4.44. The lowest BCUT2D eigenvalue weighted by molar-refractivity contribution is 0.755. The number of nitrogens with two attached hydrogens (primary N) is 1. The molecule has 28 heavy (non-hydrogen) atoms. The van der Waals surface area contributed by atoms with Crippen LogP contribution in [-0.4, -0.2) is 37.7 Å². The van der Waals surface area contributed by atoms with Crippen LogP contribution in [0.4, 0.5) is 11.9 Å². The first-order chi connectivity index (χ1) is 13.7. The van der Waals surface area contributed by atoms with Gasteiger partial charge in [-0.25, -0.2) is 0 Å². The quantitative estimate of drug-likeness (QED) is 0.561. The molecule has 146 valence electrons. The summed E-state index contributed by atoms with van der Waals surface area (Å²) in [5, 5.41) is 5.44. The van der Waals surface area contributed by atoms with E-state index in [0.717, 1.165) is 41.5 Å². The summed E-state index contributed by atoms with van der Waals surface area (Å²) < 4.78 is 1.58. The molecule has 0 fully saturated rings. The number of hydrogen-bond donors (Lipinski definition) is 1. The van der Waals surface area contributed by atoms with Gasteiger partial charge in [-0.1, -0.05) is 39.0 Å². The smallest absolute Gasteiger partial charge is 0.230 e. The van der Waals surface area contributed by atoms with E-state index >= 15 is 0 Å². The Labute approximate surface area is 165 Å². The van der Waals surface area contributed by atoms with Crippen LogP contribution in [0.2, 0.25) is 0 Å². The molecule has 0 radical (unpaired) electrons. The van der Waals surface area contributed by atoms with Gasteiger partial charge in [-0.15, -0.1) is 0 Å². The van der Waals surface area contributed by atoms with Crippen molar-refractivity contribution in [1.82, 2.24) is 24.6 Å². The van der Waals surface area contributed by atoms with E-state index in [9.17, 15) is 0 Å². The number of rotatable bonds is 5. The van der Waals surface area contributed by atoms with Gasteiger partial charge in [0.25, 0.3) is 0 Å². The third kappa shape index (κ3) is 3.60. The van der Waals surface area contributed by atoms with Gasteiger partial charge in [0.15, 0.2) is 5.65 Å². The third-order valence-electron chi connectivity index (χ3n) is 4.44. The normalized spacial score (nSPS) is 10.7. The van der Waals surface area contributed by atoms with Crippen molar-refractivity contribution < 1.29 is 0 Å². The maximum absolute atomic E-state index is 6.13. The lowest BCUT2D eigenvalue weighted by Crippen LogP contribution is -2.26. The van der Waals surface area contributed by atoms with E-state index < -0.39 is 0 Å². The van der Waals surface area contributed by atoms with E-state index in [1.165, 1.54) is 0 Å². The molecule has 3 aromatic heterocycles. The summed E-state index contributed by atoms with van der Waals surface area (Å²) in [4.78, 5) is 15.8. The molecule has 3 heterocycles. The fourth-order valence-corrected chi connectivity index (χ4v) is 3.12. The van der Waals surface area contributed by atoms with E-state index in [-0.39, 0.29) is 0 Å². The second kappa shape index (κ2) is 8.65. The Morgan fingerprint density at radius 3 is 2.61 bits per heavy atom. The van der Waals surface area contributed by atoms with Crippen LogP contribution >= 0.6 is 0 Å². The number of nitrogens with zero attached hydrogens (tertiary/aromatic N) is 6. The fourth-order valence-electron chi connectivity index (χ4n) is 3.12. The molecule has 0 aliphatic carbocycles. The molecule has 0 aliphatic rings. The molecule has 7 heteroatoms. The summed E-state index contributed by atoms with van der Waals surface area (Å²) in [7, 11) is 0. The standard InChI is InChI=1S/C19H21N7.C2H6/c1-3-9-25(4-2)19-23-17-15(12-22-26(17)18(20)24-19)14-10-13-7-5-6-8-16(13)21-11-14;1-2/h5-8,10-12H,3-4,9H2,1-2H3,(H2,20,23,24);1-2H3. The van der Waals surface area contributed by atoms with Crippen LogP contribution in [0.1, 0.15) is 34.1 Å². The lowest BCUT2D eigenvalue weighted by Gasteiger charge is -2.20. The van der Waals surface area contributed by atoms with Gasteiger partial charge < -0.3 is 10.6 Å². The molecule has 4 rings (SSSR count). The van der Waals surface area contributed by atoms with Gasteiger partial charge in [0, 0.05) is 35.8 Å². The van der Waals surface area contributed by atoms with Crippen molar-refractivity contribution in [2.24, 2.45) is 0 Å². The molecule has 0 aliphatic heterocycles. The van der Waals surface area contributed by atoms with Crippen LogP contribution < -0.4 is 10.6 Å². The van der Waals surface area contributed by atoms with E-state index in [2.05, 4.69) is 39.9 Å². The van der Waals surface area contributed by atoms with Crippen molar-refractivity contribution in [3.8, 4) is 11.1 Å². The number of fused-ring (bicyclic) bond motifs is 2. The Hall–Kier alpha value is -3.22. The number of nitrogen functional groups attached to an aromatic ring is 1. The maximum Gasteiger partial charge on any atom is 0.230 e. The van der Waals surface area contributed by atoms with E-state index in [0.29, 0.717) is 17.5 Å². The number of pyridine rings is 1. The first-order valence-electron chi connectivity index (χ1n) is 9.82. The largest absolute Gasteiger partial charge is 0.368 e. The van der Waals surface area contributed by atoms with Crippen molar-refractivity contribution in [2.45, 2.75) is 34.1 Å². The van der Waals surface area contributed by atoms with Gasteiger partial charge in [0.05, 0.1) is 11.7 Å². The van der Waals surface area contributed by atoms with Crippen molar-refractivity contribution >= 4 is 28.4 Å². The summed E-state index contributed by atoms with van der Waals surface area (Å²) in [5.41, 5.74) is 9.64.